The summed E-state index contributed by atoms with van der Waals surface area (Å²) in [6.45, 7) is 12.4. The average Bonchev–Trinajstić information content (AvgIpc) is 2.37. The second-order valence-corrected chi connectivity index (χ2v) is 4.28. The van der Waals surface area contributed by atoms with E-state index in [0.717, 1.165) is 26.2 Å². The number of benzene rings is 1. The first-order valence-corrected chi connectivity index (χ1v) is 6.45. The Kier molecular flexibility index (Phi) is 6.41. The Morgan fingerprint density at radius 3 is 2.53 bits per heavy atom. The van der Waals surface area contributed by atoms with Crippen molar-refractivity contribution in [3.8, 4) is 0 Å². The predicted molar refractivity (Wildman–Crippen MR) is 76.6 cm³/mol. The second-order valence-electron chi connectivity index (χ2n) is 4.28. The van der Waals surface area contributed by atoms with E-state index in [9.17, 15) is 0 Å². The summed E-state index contributed by atoms with van der Waals surface area (Å²) in [6.07, 6.45) is 1.17. The van der Waals surface area contributed by atoms with Gasteiger partial charge in [-0.05, 0) is 37.6 Å². The highest BCUT2D eigenvalue weighted by Gasteiger charge is 2.04. The van der Waals surface area contributed by atoms with Crippen LogP contribution in [0.1, 0.15) is 20.3 Å². The molecule has 0 fully saturated rings. The number of rotatable bonds is 8. The number of likely N-dealkylation sites (N-methyl/N-ethyl adjacent to an activating group) is 1. The fraction of sp³-hybridized carbons (Fsp3) is 0.467. The molecule has 17 heavy (non-hydrogen) atoms. The lowest BCUT2D eigenvalue weighted by atomic mass is 10.2. The normalized spacial score (nSPS) is 10.2. The molecule has 0 heterocycles. The molecule has 0 atom stereocenters. The van der Waals surface area contributed by atoms with Crippen molar-refractivity contribution in [1.29, 1.82) is 0 Å². The molecule has 0 aliphatic heterocycles. The van der Waals surface area contributed by atoms with Gasteiger partial charge in [-0.15, -0.1) is 0 Å². The van der Waals surface area contributed by atoms with Gasteiger partial charge in [-0.2, -0.15) is 0 Å². The zero-order chi connectivity index (χ0) is 12.5. The predicted octanol–water partition coefficient (Wildman–Crippen LogP) is 3.07. The molecule has 0 spiro atoms. The molecule has 0 aliphatic rings. The van der Waals surface area contributed by atoms with Crippen molar-refractivity contribution in [3.05, 3.63) is 42.5 Å². The molecule has 0 unspecified atom stereocenters. The van der Waals surface area contributed by atoms with Crippen LogP contribution in [0.2, 0.25) is 0 Å². The summed E-state index contributed by atoms with van der Waals surface area (Å²) in [5, 5.41) is 3.39. The van der Waals surface area contributed by atoms with E-state index in [-0.39, 0.29) is 0 Å². The van der Waals surface area contributed by atoms with E-state index >= 15 is 0 Å². The number of hydrogen-bond donors (Lipinski definition) is 1. The highest BCUT2D eigenvalue weighted by molar-refractivity contribution is 5.47. The summed E-state index contributed by atoms with van der Waals surface area (Å²) < 4.78 is 0. The van der Waals surface area contributed by atoms with E-state index in [1.54, 1.807) is 0 Å². The molecular weight excluding hydrogens is 208 g/mol. The van der Waals surface area contributed by atoms with Crippen molar-refractivity contribution < 1.29 is 0 Å². The van der Waals surface area contributed by atoms with Gasteiger partial charge in [0.25, 0.3) is 0 Å². The van der Waals surface area contributed by atoms with E-state index in [1.165, 1.54) is 17.7 Å². The van der Waals surface area contributed by atoms with E-state index in [2.05, 4.69) is 61.0 Å². The molecule has 1 aromatic rings. The zero-order valence-electron chi connectivity index (χ0n) is 11.1. The largest absolute Gasteiger partial charge is 0.368 e. The van der Waals surface area contributed by atoms with Crippen molar-refractivity contribution in [2.75, 3.05) is 31.1 Å². The van der Waals surface area contributed by atoms with Crippen LogP contribution in [0.25, 0.3) is 0 Å². The molecule has 1 rings (SSSR count). The highest BCUT2D eigenvalue weighted by Crippen LogP contribution is 2.13. The minimum atomic E-state index is 0.914. The van der Waals surface area contributed by atoms with Crippen molar-refractivity contribution in [2.24, 2.45) is 0 Å². The third-order valence-corrected chi connectivity index (χ3v) is 2.72. The van der Waals surface area contributed by atoms with Gasteiger partial charge in [-0.3, -0.25) is 0 Å². The van der Waals surface area contributed by atoms with Crippen LogP contribution in [0, 0.1) is 0 Å². The van der Waals surface area contributed by atoms with Gasteiger partial charge in [0.2, 0.25) is 0 Å². The lowest BCUT2D eigenvalue weighted by molar-refractivity contribution is 0.701. The summed E-state index contributed by atoms with van der Waals surface area (Å²) >= 11 is 0. The minimum Gasteiger partial charge on any atom is -0.368 e. The van der Waals surface area contributed by atoms with Crippen LogP contribution in [-0.2, 0) is 0 Å². The van der Waals surface area contributed by atoms with Crippen molar-refractivity contribution in [1.82, 2.24) is 5.32 Å². The summed E-state index contributed by atoms with van der Waals surface area (Å²) in [4.78, 5) is 2.34. The monoisotopic (exact) mass is 232 g/mol. The molecule has 2 heteroatoms. The Morgan fingerprint density at radius 1 is 1.24 bits per heavy atom. The zero-order valence-corrected chi connectivity index (χ0v) is 11.1. The first kappa shape index (κ1) is 13.8. The molecule has 0 aliphatic carbocycles. The first-order chi connectivity index (χ1) is 8.27. The van der Waals surface area contributed by atoms with Gasteiger partial charge in [0, 0.05) is 25.3 Å². The molecule has 0 bridgehead atoms. The van der Waals surface area contributed by atoms with Crippen molar-refractivity contribution in [2.45, 2.75) is 20.3 Å². The molecule has 0 aromatic heterocycles. The van der Waals surface area contributed by atoms with Gasteiger partial charge in [-0.1, -0.05) is 31.7 Å². The Labute approximate surface area is 105 Å². The van der Waals surface area contributed by atoms with Gasteiger partial charge < -0.3 is 10.2 Å². The number of para-hydroxylation sites is 1. The fourth-order valence-electron chi connectivity index (χ4n) is 1.79. The Balaban J connectivity index is 2.44. The maximum atomic E-state index is 4.14. The summed E-state index contributed by atoms with van der Waals surface area (Å²) in [5.41, 5.74) is 2.51. The maximum absolute atomic E-state index is 4.14. The Bertz CT molecular complexity index is 319. The molecule has 1 N–H and O–H groups in total. The molecule has 0 radical (unpaired) electrons. The van der Waals surface area contributed by atoms with Gasteiger partial charge in [0.1, 0.15) is 0 Å². The van der Waals surface area contributed by atoms with Crippen molar-refractivity contribution >= 4 is 5.69 Å². The molecular formula is C15H24N2. The topological polar surface area (TPSA) is 15.3 Å². The number of anilines is 1. The van der Waals surface area contributed by atoms with E-state index in [4.69, 9.17) is 0 Å². The quantitative estimate of drug-likeness (QED) is 0.547. The van der Waals surface area contributed by atoms with E-state index in [0.29, 0.717) is 0 Å². The van der Waals surface area contributed by atoms with Crippen LogP contribution in [0.15, 0.2) is 42.5 Å². The lowest BCUT2D eigenvalue weighted by Crippen LogP contribution is -2.29. The number of nitrogens with zero attached hydrogens (tertiary/aromatic N) is 1. The van der Waals surface area contributed by atoms with Gasteiger partial charge in [0.15, 0.2) is 0 Å². The molecule has 1 aromatic carbocycles. The minimum absolute atomic E-state index is 0.914. The average molecular weight is 232 g/mol. The number of nitrogens with one attached hydrogen (secondary N) is 1. The molecule has 0 amide bonds. The third kappa shape index (κ3) is 5.05. The van der Waals surface area contributed by atoms with Crippen molar-refractivity contribution in [3.63, 3.8) is 0 Å². The number of hydrogen-bond acceptors (Lipinski definition) is 2. The van der Waals surface area contributed by atoms with Crippen LogP contribution >= 0.6 is 0 Å². The standard InChI is InChI=1S/C15H24N2/c1-4-11-16-12-14(3)13-17(5-2)15-9-7-6-8-10-15/h6-10,16H,3-5,11-13H2,1-2H3. The van der Waals surface area contributed by atoms with Crippen LogP contribution in [0.5, 0.6) is 0 Å². The van der Waals surface area contributed by atoms with Crippen LogP contribution < -0.4 is 10.2 Å². The first-order valence-electron chi connectivity index (χ1n) is 6.45. The Morgan fingerprint density at radius 2 is 1.94 bits per heavy atom. The van der Waals surface area contributed by atoms with Crippen LogP contribution in [0.3, 0.4) is 0 Å². The molecule has 0 saturated heterocycles. The Hall–Kier alpha value is -1.28. The summed E-state index contributed by atoms with van der Waals surface area (Å²) in [5.74, 6) is 0. The fourth-order valence-corrected chi connectivity index (χ4v) is 1.79. The second kappa shape index (κ2) is 7.91. The third-order valence-electron chi connectivity index (χ3n) is 2.72. The van der Waals surface area contributed by atoms with E-state index in [1.807, 2.05) is 0 Å². The van der Waals surface area contributed by atoms with Gasteiger partial charge in [-0.25, -0.2) is 0 Å². The van der Waals surface area contributed by atoms with Crippen LogP contribution in [-0.4, -0.2) is 26.2 Å². The molecule has 2 nitrogen and oxygen atoms in total. The van der Waals surface area contributed by atoms with Crippen LogP contribution in [0.4, 0.5) is 5.69 Å². The maximum Gasteiger partial charge on any atom is 0.0398 e. The lowest BCUT2D eigenvalue weighted by Gasteiger charge is -2.24. The van der Waals surface area contributed by atoms with E-state index < -0.39 is 0 Å². The molecule has 94 valence electrons. The smallest absolute Gasteiger partial charge is 0.0398 e. The van der Waals surface area contributed by atoms with Gasteiger partial charge >= 0.3 is 0 Å². The summed E-state index contributed by atoms with van der Waals surface area (Å²) in [7, 11) is 0. The summed E-state index contributed by atoms with van der Waals surface area (Å²) in [6, 6.07) is 10.5. The highest BCUT2D eigenvalue weighted by atomic mass is 15.1. The van der Waals surface area contributed by atoms with Gasteiger partial charge in [0.05, 0.1) is 0 Å². The molecule has 0 saturated carbocycles. The SMILES string of the molecule is C=C(CNCCC)CN(CC)c1ccccc1.